The Hall–Kier alpha value is -2.70. The molecule has 0 fully saturated rings. The van der Waals surface area contributed by atoms with Crippen LogP contribution in [0.15, 0.2) is 24.3 Å². The fraction of sp³-hybridized carbons (Fsp3) is 0.444. The smallest absolute Gasteiger partial charge is 0.302 e. The van der Waals surface area contributed by atoms with Crippen molar-refractivity contribution in [2.45, 2.75) is 39.2 Å². The highest BCUT2D eigenvalue weighted by Crippen LogP contribution is 2.30. The van der Waals surface area contributed by atoms with Gasteiger partial charge in [-0.3, -0.25) is 19.2 Å². The van der Waals surface area contributed by atoms with E-state index in [0.717, 1.165) is 11.8 Å². The van der Waals surface area contributed by atoms with Crippen LogP contribution in [0.3, 0.4) is 0 Å². The average Bonchev–Trinajstić information content (AvgIpc) is 2.56. The summed E-state index contributed by atoms with van der Waals surface area (Å²) in [4.78, 5) is 45.1. The molecule has 1 atom stereocenters. The highest BCUT2D eigenvalue weighted by Gasteiger charge is 2.40. The molecule has 0 heterocycles. The van der Waals surface area contributed by atoms with Gasteiger partial charge in [0.15, 0.2) is 0 Å². The molecule has 0 aliphatic carbocycles. The molecule has 0 aliphatic rings. The maximum Gasteiger partial charge on any atom is 0.302 e. The lowest BCUT2D eigenvalue weighted by molar-refractivity contribution is -0.151. The summed E-state index contributed by atoms with van der Waals surface area (Å²) in [5.41, 5.74) is 0.172. The molecule has 7 nitrogen and oxygen atoms in total. The molecule has 1 aromatic rings. The van der Waals surface area contributed by atoms with Crippen molar-refractivity contribution >= 4 is 24.1 Å². The molecule has 0 saturated heterocycles. The van der Waals surface area contributed by atoms with Gasteiger partial charge in [-0.1, -0.05) is 31.2 Å². The van der Waals surface area contributed by atoms with Crippen LogP contribution in [-0.2, 0) is 23.9 Å². The van der Waals surface area contributed by atoms with E-state index < -0.39 is 17.5 Å². The van der Waals surface area contributed by atoms with Crippen molar-refractivity contribution in [2.24, 2.45) is 0 Å². The van der Waals surface area contributed by atoms with E-state index in [9.17, 15) is 19.2 Å². The summed E-state index contributed by atoms with van der Waals surface area (Å²) in [6, 6.07) is 6.78. The topological polar surface area (TPSA) is 98.8 Å². The van der Waals surface area contributed by atoms with Gasteiger partial charge in [0.1, 0.15) is 25.0 Å². The Bertz CT molecular complexity index is 619. The van der Waals surface area contributed by atoms with Crippen molar-refractivity contribution in [3.05, 3.63) is 35.4 Å². The average molecular weight is 349 g/mol. The van der Waals surface area contributed by atoms with Crippen molar-refractivity contribution in [1.29, 1.82) is 0 Å². The van der Waals surface area contributed by atoms with Crippen LogP contribution in [0, 0.1) is 0 Å². The van der Waals surface area contributed by atoms with Crippen molar-refractivity contribution in [3.8, 4) is 0 Å². The van der Waals surface area contributed by atoms with E-state index >= 15 is 0 Å². The predicted molar refractivity (Wildman–Crippen MR) is 90.1 cm³/mol. The van der Waals surface area contributed by atoms with Crippen molar-refractivity contribution in [1.82, 2.24) is 5.32 Å². The van der Waals surface area contributed by atoms with E-state index in [0.29, 0.717) is 5.56 Å². The van der Waals surface area contributed by atoms with Crippen LogP contribution < -0.4 is 5.32 Å². The van der Waals surface area contributed by atoms with E-state index in [1.807, 2.05) is 6.92 Å². The van der Waals surface area contributed by atoms with Gasteiger partial charge >= 0.3 is 11.9 Å². The third kappa shape index (κ3) is 6.02. The minimum Gasteiger partial charge on any atom is -0.463 e. The molecule has 1 unspecified atom stereocenters. The van der Waals surface area contributed by atoms with Crippen LogP contribution in [0.2, 0.25) is 0 Å². The lowest BCUT2D eigenvalue weighted by Gasteiger charge is -2.38. The maximum atomic E-state index is 11.7. The van der Waals surface area contributed by atoms with Crippen molar-refractivity contribution in [3.63, 3.8) is 0 Å². The van der Waals surface area contributed by atoms with Gasteiger partial charge in [-0.25, -0.2) is 0 Å². The van der Waals surface area contributed by atoms with E-state index in [-0.39, 0.29) is 25.0 Å². The zero-order chi connectivity index (χ0) is 19.0. The van der Waals surface area contributed by atoms with Gasteiger partial charge in [-0.2, -0.15) is 0 Å². The Morgan fingerprint density at radius 2 is 1.52 bits per heavy atom. The second-order valence-corrected chi connectivity index (χ2v) is 5.90. The standard InChI is InChI=1S/C18H23NO6/c1-12(17-7-5-16(9-20)6-8-17)18(19-13(2)21,10-24-14(3)22)11-25-15(4)23/h5-9,12H,10-11H2,1-4H3,(H,19,21). The Balaban J connectivity index is 3.24. The van der Waals surface area contributed by atoms with Crippen LogP contribution >= 0.6 is 0 Å². The summed E-state index contributed by atoms with van der Waals surface area (Å²) in [5, 5.41) is 2.77. The van der Waals surface area contributed by atoms with Crippen LogP contribution in [0.4, 0.5) is 0 Å². The molecule has 0 aliphatic heterocycles. The fourth-order valence-corrected chi connectivity index (χ4v) is 2.47. The second kappa shape index (κ2) is 8.96. The monoisotopic (exact) mass is 349 g/mol. The minimum atomic E-state index is -1.13. The summed E-state index contributed by atoms with van der Waals surface area (Å²) in [5.74, 6) is -1.74. The third-order valence-corrected chi connectivity index (χ3v) is 3.89. The Kier molecular flexibility index (Phi) is 7.29. The number of esters is 2. The molecular weight excluding hydrogens is 326 g/mol. The SMILES string of the molecule is CC(=O)NC(COC(C)=O)(COC(C)=O)C(C)c1ccc(C=O)cc1. The summed E-state index contributed by atoms with van der Waals surface area (Å²) < 4.78 is 10.3. The molecule has 136 valence electrons. The predicted octanol–water partition coefficient (Wildman–Crippen LogP) is 1.60. The number of ether oxygens (including phenoxy) is 2. The molecule has 25 heavy (non-hydrogen) atoms. The maximum absolute atomic E-state index is 11.7. The van der Waals surface area contributed by atoms with Gasteiger partial charge in [0.2, 0.25) is 5.91 Å². The first-order valence-corrected chi connectivity index (χ1v) is 7.81. The normalized spacial score (nSPS) is 12.0. The number of nitrogens with one attached hydrogen (secondary N) is 1. The third-order valence-electron chi connectivity index (χ3n) is 3.89. The Morgan fingerprint density at radius 3 is 1.88 bits per heavy atom. The quantitative estimate of drug-likeness (QED) is 0.565. The first kappa shape index (κ1) is 20.3. The molecule has 0 bridgehead atoms. The summed E-state index contributed by atoms with van der Waals surface area (Å²) in [6.45, 7) is 5.34. The zero-order valence-corrected chi connectivity index (χ0v) is 14.8. The molecule has 0 radical (unpaired) electrons. The molecule has 0 saturated carbocycles. The largest absolute Gasteiger partial charge is 0.463 e. The first-order valence-electron chi connectivity index (χ1n) is 7.81. The van der Waals surface area contributed by atoms with Crippen molar-refractivity contribution in [2.75, 3.05) is 13.2 Å². The van der Waals surface area contributed by atoms with E-state index in [2.05, 4.69) is 5.32 Å². The molecule has 7 heteroatoms. The van der Waals surface area contributed by atoms with Crippen LogP contribution in [0.25, 0.3) is 0 Å². The lowest BCUT2D eigenvalue weighted by atomic mass is 9.81. The van der Waals surface area contributed by atoms with Crippen LogP contribution in [0.5, 0.6) is 0 Å². The molecular formula is C18H23NO6. The minimum absolute atomic E-state index is 0.161. The summed E-state index contributed by atoms with van der Waals surface area (Å²) in [7, 11) is 0. The highest BCUT2D eigenvalue weighted by atomic mass is 16.5. The van der Waals surface area contributed by atoms with Gasteiger partial charge in [-0.05, 0) is 5.56 Å². The Labute approximate surface area is 146 Å². The van der Waals surface area contributed by atoms with Gasteiger partial charge in [0.05, 0.1) is 0 Å². The van der Waals surface area contributed by atoms with Gasteiger partial charge in [-0.15, -0.1) is 0 Å². The molecule has 1 aromatic carbocycles. The first-order chi connectivity index (χ1) is 11.7. The summed E-state index contributed by atoms with van der Waals surface area (Å²) >= 11 is 0. The van der Waals surface area contributed by atoms with E-state index in [1.54, 1.807) is 24.3 Å². The number of aldehydes is 1. The van der Waals surface area contributed by atoms with Crippen molar-refractivity contribution < 1.29 is 28.7 Å². The fourth-order valence-electron chi connectivity index (χ4n) is 2.47. The number of carbonyl (C=O) groups excluding carboxylic acids is 4. The second-order valence-electron chi connectivity index (χ2n) is 5.90. The van der Waals surface area contributed by atoms with Gasteiger partial charge in [0, 0.05) is 32.3 Å². The summed E-state index contributed by atoms with van der Waals surface area (Å²) in [6.07, 6.45) is 0.729. The zero-order valence-electron chi connectivity index (χ0n) is 14.8. The number of rotatable bonds is 8. The van der Waals surface area contributed by atoms with E-state index in [4.69, 9.17) is 9.47 Å². The van der Waals surface area contributed by atoms with E-state index in [1.165, 1.54) is 20.8 Å². The molecule has 0 spiro atoms. The number of hydrogen-bond acceptors (Lipinski definition) is 6. The van der Waals surface area contributed by atoms with Crippen LogP contribution in [0.1, 0.15) is 49.5 Å². The Morgan fingerprint density at radius 1 is 1.04 bits per heavy atom. The lowest BCUT2D eigenvalue weighted by Crippen LogP contribution is -2.58. The number of benzene rings is 1. The van der Waals surface area contributed by atoms with Gasteiger partial charge < -0.3 is 14.8 Å². The number of hydrogen-bond donors (Lipinski definition) is 1. The molecule has 1 rings (SSSR count). The molecule has 1 N–H and O–H groups in total. The van der Waals surface area contributed by atoms with Crippen LogP contribution in [-0.4, -0.2) is 42.9 Å². The number of amides is 1. The van der Waals surface area contributed by atoms with Gasteiger partial charge in [0.25, 0.3) is 0 Å². The molecule has 1 amide bonds. The molecule has 0 aromatic heterocycles. The number of carbonyl (C=O) groups is 4. The highest BCUT2D eigenvalue weighted by molar-refractivity contribution is 5.75.